The quantitative estimate of drug-likeness (QED) is 0.473. The average Bonchev–Trinajstić information content (AvgIpc) is 3.37. The van der Waals surface area contributed by atoms with E-state index in [1.807, 2.05) is 20.8 Å². The van der Waals surface area contributed by atoms with Gasteiger partial charge in [-0.25, -0.2) is 13.8 Å². The molecular formula is C26H33F2N5O3S. The van der Waals surface area contributed by atoms with Gasteiger partial charge in [-0.2, -0.15) is 17.6 Å². The first-order chi connectivity index (χ1) is 17.3. The minimum absolute atomic E-state index is 0.00968. The van der Waals surface area contributed by atoms with E-state index in [0.717, 1.165) is 28.3 Å². The Hall–Kier alpha value is -2.82. The molecule has 1 N–H and O–H groups in total. The molecule has 11 heteroatoms. The van der Waals surface area contributed by atoms with Gasteiger partial charge in [-0.15, -0.1) is 0 Å². The Labute approximate surface area is 215 Å². The van der Waals surface area contributed by atoms with Crippen molar-refractivity contribution < 1.29 is 22.0 Å². The van der Waals surface area contributed by atoms with Crippen LogP contribution in [0.4, 0.5) is 8.78 Å². The second kappa shape index (κ2) is 9.18. The smallest absolute Gasteiger partial charge is 0.283 e. The molecule has 2 aromatic heterocycles. The van der Waals surface area contributed by atoms with Gasteiger partial charge in [0.2, 0.25) is 5.92 Å². The van der Waals surface area contributed by atoms with Gasteiger partial charge in [-0.3, -0.25) is 4.79 Å². The van der Waals surface area contributed by atoms with E-state index in [2.05, 4.69) is 15.0 Å². The van der Waals surface area contributed by atoms with Gasteiger partial charge < -0.3 is 9.88 Å². The Bertz CT molecular complexity index is 1420. The number of halogens is 2. The van der Waals surface area contributed by atoms with Crippen LogP contribution in [-0.4, -0.2) is 45.5 Å². The molecule has 3 aromatic rings. The number of hydrogen-bond acceptors (Lipinski definition) is 5. The first-order valence-electron chi connectivity index (χ1n) is 12.8. The molecule has 2 aliphatic carbocycles. The number of imidazole rings is 1. The van der Waals surface area contributed by atoms with E-state index in [9.17, 15) is 22.0 Å². The van der Waals surface area contributed by atoms with Crippen molar-refractivity contribution in [2.45, 2.75) is 82.1 Å². The summed E-state index contributed by atoms with van der Waals surface area (Å²) in [6.45, 7) is 7.21. The number of aromatic nitrogens is 4. The third-order valence-corrected chi connectivity index (χ3v) is 8.82. The minimum Gasteiger partial charge on any atom is -0.352 e. The number of carbonyl (C=O) groups excluding carboxylic acids is 1. The van der Waals surface area contributed by atoms with Gasteiger partial charge in [0.25, 0.3) is 15.9 Å². The zero-order valence-electron chi connectivity index (χ0n) is 21.4. The molecule has 0 saturated heterocycles. The van der Waals surface area contributed by atoms with Gasteiger partial charge in [0.05, 0.1) is 33.9 Å². The molecule has 0 bridgehead atoms. The van der Waals surface area contributed by atoms with Crippen LogP contribution < -0.4 is 5.32 Å². The van der Waals surface area contributed by atoms with Crippen molar-refractivity contribution in [3.63, 3.8) is 0 Å². The summed E-state index contributed by atoms with van der Waals surface area (Å²) in [5, 5.41) is 6.75. The van der Waals surface area contributed by atoms with E-state index >= 15 is 0 Å². The van der Waals surface area contributed by atoms with Crippen molar-refractivity contribution in [1.82, 2.24) is 24.1 Å². The highest BCUT2D eigenvalue weighted by molar-refractivity contribution is 7.89. The predicted molar refractivity (Wildman–Crippen MR) is 135 cm³/mol. The second-order valence-corrected chi connectivity index (χ2v) is 13.3. The topological polar surface area (TPSA) is 98.9 Å². The summed E-state index contributed by atoms with van der Waals surface area (Å²) in [7, 11) is -4.05. The Morgan fingerprint density at radius 3 is 2.49 bits per heavy atom. The van der Waals surface area contributed by atoms with Crippen molar-refractivity contribution in [2.24, 2.45) is 11.8 Å². The average molecular weight is 534 g/mol. The standard InChI is InChI=1S/C26H33F2N5O3S/c1-25(2,3)24-31-21-12-20(6-7-22(21)32(24)15-18-8-10-26(27,28)11-9-18)37(35,36)33-16-19(14-30-33)23(34)29-13-17-4-5-17/h6-7,12,14,16-18H,4-5,8-11,13,15H2,1-3H3,(H,29,34). The van der Waals surface area contributed by atoms with Gasteiger partial charge in [-0.05, 0) is 55.7 Å². The fourth-order valence-corrected chi connectivity index (χ4v) is 6.03. The first-order valence-corrected chi connectivity index (χ1v) is 14.2. The van der Waals surface area contributed by atoms with Gasteiger partial charge in [-0.1, -0.05) is 20.8 Å². The van der Waals surface area contributed by atoms with E-state index in [1.54, 1.807) is 6.07 Å². The number of amides is 1. The summed E-state index contributed by atoms with van der Waals surface area (Å²) < 4.78 is 56.9. The normalized spacial score (nSPS) is 18.8. The van der Waals surface area contributed by atoms with Crippen LogP contribution in [0.25, 0.3) is 11.0 Å². The van der Waals surface area contributed by atoms with Crippen molar-refractivity contribution >= 4 is 27.0 Å². The molecule has 0 unspecified atom stereocenters. The highest BCUT2D eigenvalue weighted by Gasteiger charge is 2.36. The third kappa shape index (κ3) is 5.42. The molecular weight excluding hydrogens is 500 g/mol. The summed E-state index contributed by atoms with van der Waals surface area (Å²) in [6.07, 6.45) is 5.33. The largest absolute Gasteiger partial charge is 0.352 e. The molecule has 2 saturated carbocycles. The van der Waals surface area contributed by atoms with Crippen LogP contribution in [0.1, 0.15) is 75.5 Å². The number of nitrogens with zero attached hydrogens (tertiary/aromatic N) is 4. The molecule has 1 aromatic carbocycles. The zero-order chi connectivity index (χ0) is 26.6. The number of fused-ring (bicyclic) bond motifs is 1. The molecule has 1 amide bonds. The van der Waals surface area contributed by atoms with E-state index in [-0.39, 0.29) is 40.5 Å². The van der Waals surface area contributed by atoms with E-state index in [4.69, 9.17) is 4.98 Å². The molecule has 2 heterocycles. The monoisotopic (exact) mass is 533 g/mol. The SMILES string of the molecule is CC(C)(C)c1nc2cc(S(=O)(=O)n3cc(C(=O)NCC4CC4)cn3)ccc2n1CC1CCC(F)(F)CC1. The molecule has 2 fully saturated rings. The molecule has 8 nitrogen and oxygen atoms in total. The first kappa shape index (κ1) is 25.8. The molecule has 0 atom stereocenters. The summed E-state index contributed by atoms with van der Waals surface area (Å²) in [4.78, 5) is 17.1. The van der Waals surface area contributed by atoms with Crippen molar-refractivity contribution in [2.75, 3.05) is 6.54 Å². The molecule has 37 heavy (non-hydrogen) atoms. The summed E-state index contributed by atoms with van der Waals surface area (Å²) in [5.74, 6) is -1.55. The lowest BCUT2D eigenvalue weighted by atomic mass is 9.86. The van der Waals surface area contributed by atoms with Gasteiger partial charge in [0.15, 0.2) is 0 Å². The Morgan fingerprint density at radius 2 is 1.84 bits per heavy atom. The lowest BCUT2D eigenvalue weighted by molar-refractivity contribution is -0.0473. The van der Waals surface area contributed by atoms with Crippen molar-refractivity contribution in [3.05, 3.63) is 42.0 Å². The molecule has 5 rings (SSSR count). The second-order valence-electron chi connectivity index (χ2n) is 11.5. The number of nitrogens with one attached hydrogen (secondary N) is 1. The van der Waals surface area contributed by atoms with Crippen molar-refractivity contribution in [3.8, 4) is 0 Å². The summed E-state index contributed by atoms with van der Waals surface area (Å²) >= 11 is 0. The number of rotatable bonds is 7. The fourth-order valence-electron chi connectivity index (χ4n) is 4.89. The molecule has 0 aliphatic heterocycles. The highest BCUT2D eigenvalue weighted by Crippen LogP contribution is 2.38. The van der Waals surface area contributed by atoms with E-state index in [0.29, 0.717) is 37.4 Å². The lowest BCUT2D eigenvalue weighted by Gasteiger charge is -2.30. The van der Waals surface area contributed by atoms with Crippen molar-refractivity contribution in [1.29, 1.82) is 0 Å². The van der Waals surface area contributed by atoms with Crippen LogP contribution in [0.2, 0.25) is 0 Å². The Balaban J connectivity index is 1.43. The van der Waals surface area contributed by atoms with Gasteiger partial charge in [0.1, 0.15) is 5.82 Å². The van der Waals surface area contributed by atoms with Gasteiger partial charge in [0, 0.05) is 31.3 Å². The Morgan fingerprint density at radius 1 is 1.14 bits per heavy atom. The van der Waals surface area contributed by atoms with E-state index in [1.165, 1.54) is 24.5 Å². The highest BCUT2D eigenvalue weighted by atomic mass is 32.2. The van der Waals surface area contributed by atoms with Gasteiger partial charge >= 0.3 is 0 Å². The molecule has 200 valence electrons. The number of carbonyl (C=O) groups is 1. The molecule has 0 radical (unpaired) electrons. The third-order valence-electron chi connectivity index (χ3n) is 7.28. The Kier molecular flexibility index (Phi) is 6.40. The maximum atomic E-state index is 13.7. The minimum atomic E-state index is -4.05. The van der Waals surface area contributed by atoms with Crippen LogP contribution >= 0.6 is 0 Å². The zero-order valence-corrected chi connectivity index (χ0v) is 22.2. The van der Waals surface area contributed by atoms with Crippen LogP contribution in [0, 0.1) is 11.8 Å². The number of benzene rings is 1. The molecule has 2 aliphatic rings. The number of hydrogen-bond donors (Lipinski definition) is 1. The predicted octanol–water partition coefficient (Wildman–Crippen LogP) is 4.73. The van der Waals surface area contributed by atoms with Crippen LogP contribution in [0.3, 0.4) is 0 Å². The lowest BCUT2D eigenvalue weighted by Crippen LogP contribution is -2.28. The summed E-state index contributed by atoms with van der Waals surface area (Å²) in [5.41, 5.74) is 1.13. The fraction of sp³-hybridized carbons (Fsp3) is 0.577. The van der Waals surface area contributed by atoms with Crippen LogP contribution in [0.15, 0.2) is 35.5 Å². The molecule has 0 spiro atoms. The number of alkyl halides is 2. The van der Waals surface area contributed by atoms with Crippen LogP contribution in [-0.2, 0) is 22.0 Å². The maximum Gasteiger partial charge on any atom is 0.283 e. The van der Waals surface area contributed by atoms with Crippen LogP contribution in [0.5, 0.6) is 0 Å². The summed E-state index contributed by atoms with van der Waals surface area (Å²) in [6, 6.07) is 4.74. The van der Waals surface area contributed by atoms with E-state index < -0.39 is 15.9 Å². The maximum absolute atomic E-state index is 13.7.